The van der Waals surface area contributed by atoms with Crippen LogP contribution >= 0.6 is 0 Å². The number of nitrogens with two attached hydrogens (primary N) is 1. The molecule has 50 heavy (non-hydrogen) atoms. The number of hydrogen-bond donors (Lipinski definition) is 4. The maximum atomic E-state index is 14.1. The van der Waals surface area contributed by atoms with Crippen LogP contribution in [0, 0.1) is 41.9 Å². The molecule has 13 nitrogen and oxygen atoms in total. The molecule has 0 aromatic rings. The molecule has 0 saturated heterocycles. The predicted octanol–water partition coefficient (Wildman–Crippen LogP) is 2.15. The summed E-state index contributed by atoms with van der Waals surface area (Å²) in [6, 6.07) is -5.21. The number of unbranched alkanes of at least 4 members (excludes halogenated alkanes) is 2. The van der Waals surface area contributed by atoms with Crippen LogP contribution in [0.15, 0.2) is 0 Å². The van der Waals surface area contributed by atoms with Crippen LogP contribution in [0.2, 0.25) is 0 Å². The minimum atomic E-state index is -1.33. The van der Waals surface area contributed by atoms with E-state index in [1.54, 1.807) is 27.8 Å². The normalized spacial score (nSPS) is 16.1. The number of carbonyl (C=O) groups excluding carboxylic acids is 6. The van der Waals surface area contributed by atoms with Gasteiger partial charge in [-0.3, -0.25) is 28.8 Å². The molecule has 8 unspecified atom stereocenters. The SMILES string of the molecule is C#CCCCCC(C)C(=O)N(C)C(C(=O)N(C)C(C(=O)NC(C(=O)N(C)C(C(=O)NC(CO)C(N)=O)C(C)CC)C(C)CC)C(C)C)C(C)C. The smallest absolute Gasteiger partial charge is 0.246 e. The van der Waals surface area contributed by atoms with E-state index in [-0.39, 0.29) is 35.5 Å². The van der Waals surface area contributed by atoms with E-state index < -0.39 is 66.4 Å². The van der Waals surface area contributed by atoms with Gasteiger partial charge in [0, 0.05) is 33.5 Å². The van der Waals surface area contributed by atoms with Crippen LogP contribution in [0.4, 0.5) is 0 Å². The Balaban J connectivity index is 6.39. The molecule has 0 bridgehead atoms. The Morgan fingerprint density at radius 1 is 0.700 bits per heavy atom. The first-order valence-corrected chi connectivity index (χ1v) is 18.0. The molecule has 286 valence electrons. The first-order chi connectivity index (χ1) is 23.2. The number of primary amides is 1. The minimum Gasteiger partial charge on any atom is -0.394 e. The molecule has 6 amide bonds. The fourth-order valence-electron chi connectivity index (χ4n) is 6.24. The molecule has 0 heterocycles. The van der Waals surface area contributed by atoms with Gasteiger partial charge in [-0.1, -0.05) is 81.6 Å². The molecule has 0 aliphatic heterocycles. The number of hydrogen-bond acceptors (Lipinski definition) is 7. The van der Waals surface area contributed by atoms with Crippen molar-refractivity contribution in [1.29, 1.82) is 0 Å². The first-order valence-electron chi connectivity index (χ1n) is 18.0. The summed E-state index contributed by atoms with van der Waals surface area (Å²) in [6.45, 7) is 15.8. The van der Waals surface area contributed by atoms with E-state index in [9.17, 15) is 33.9 Å². The molecule has 0 aromatic heterocycles. The van der Waals surface area contributed by atoms with Crippen molar-refractivity contribution in [1.82, 2.24) is 25.3 Å². The Bertz CT molecular complexity index is 1190. The summed E-state index contributed by atoms with van der Waals surface area (Å²) < 4.78 is 0. The third kappa shape index (κ3) is 12.9. The van der Waals surface area contributed by atoms with Crippen LogP contribution in [0.25, 0.3) is 0 Å². The van der Waals surface area contributed by atoms with Crippen LogP contribution in [-0.2, 0) is 28.8 Å². The molecule has 8 atom stereocenters. The number of carbonyl (C=O) groups is 6. The molecular weight excluding hydrogens is 640 g/mol. The van der Waals surface area contributed by atoms with Gasteiger partial charge in [0.15, 0.2) is 0 Å². The average Bonchev–Trinajstić information content (AvgIpc) is 3.05. The highest BCUT2D eigenvalue weighted by Crippen LogP contribution is 2.23. The van der Waals surface area contributed by atoms with Crippen LogP contribution in [0.3, 0.4) is 0 Å². The van der Waals surface area contributed by atoms with Crippen molar-refractivity contribution in [2.45, 2.75) is 131 Å². The number of rotatable bonds is 22. The van der Waals surface area contributed by atoms with Gasteiger partial charge in [-0.05, 0) is 36.5 Å². The monoisotopic (exact) mass is 706 g/mol. The summed E-state index contributed by atoms with van der Waals surface area (Å²) in [5.41, 5.74) is 5.31. The Kier molecular flexibility index (Phi) is 20.6. The van der Waals surface area contributed by atoms with Crippen molar-refractivity contribution in [3.8, 4) is 12.3 Å². The molecular formula is C37H66N6O7. The topological polar surface area (TPSA) is 182 Å². The van der Waals surface area contributed by atoms with Crippen molar-refractivity contribution in [2.75, 3.05) is 27.7 Å². The van der Waals surface area contributed by atoms with E-state index in [1.165, 1.54) is 28.8 Å². The zero-order valence-electron chi connectivity index (χ0n) is 32.6. The van der Waals surface area contributed by atoms with Gasteiger partial charge < -0.3 is 36.2 Å². The summed E-state index contributed by atoms with van der Waals surface area (Å²) in [6.07, 6.45) is 9.28. The van der Waals surface area contributed by atoms with E-state index in [2.05, 4.69) is 16.6 Å². The van der Waals surface area contributed by atoms with Crippen molar-refractivity contribution >= 4 is 35.4 Å². The number of amides is 6. The summed E-state index contributed by atoms with van der Waals surface area (Å²) in [7, 11) is 4.62. The highest BCUT2D eigenvalue weighted by molar-refractivity contribution is 5.96. The maximum absolute atomic E-state index is 14.1. The second-order valence-electron chi connectivity index (χ2n) is 14.4. The average molecular weight is 707 g/mol. The van der Waals surface area contributed by atoms with Crippen molar-refractivity contribution in [3.63, 3.8) is 0 Å². The predicted molar refractivity (Wildman–Crippen MR) is 195 cm³/mol. The Hall–Kier alpha value is -3.66. The fourth-order valence-corrected chi connectivity index (χ4v) is 6.24. The maximum Gasteiger partial charge on any atom is 0.246 e. The molecule has 0 rings (SSSR count). The Morgan fingerprint density at radius 2 is 1.18 bits per heavy atom. The van der Waals surface area contributed by atoms with Gasteiger partial charge in [0.2, 0.25) is 35.4 Å². The fraction of sp³-hybridized carbons (Fsp3) is 0.784. The lowest BCUT2D eigenvalue weighted by Crippen LogP contribution is -2.62. The van der Waals surface area contributed by atoms with Gasteiger partial charge in [0.25, 0.3) is 0 Å². The van der Waals surface area contributed by atoms with Crippen molar-refractivity contribution < 1.29 is 33.9 Å². The van der Waals surface area contributed by atoms with Gasteiger partial charge in [0.05, 0.1) is 6.61 Å². The van der Waals surface area contributed by atoms with Gasteiger partial charge in [0.1, 0.15) is 30.2 Å². The number of nitrogens with one attached hydrogen (secondary N) is 2. The molecule has 0 spiro atoms. The second kappa shape index (κ2) is 22.2. The largest absolute Gasteiger partial charge is 0.394 e. The number of nitrogens with zero attached hydrogens (tertiary/aromatic N) is 3. The summed E-state index contributed by atoms with van der Waals surface area (Å²) in [5, 5.41) is 14.9. The third-order valence-corrected chi connectivity index (χ3v) is 9.78. The molecule has 0 aliphatic rings. The third-order valence-electron chi connectivity index (χ3n) is 9.78. The summed E-state index contributed by atoms with van der Waals surface area (Å²) in [4.78, 5) is 84.9. The van der Waals surface area contributed by atoms with E-state index in [0.717, 1.165) is 12.8 Å². The molecule has 5 N–H and O–H groups in total. The number of terminal acetylenes is 1. The van der Waals surface area contributed by atoms with Crippen LogP contribution in [0.1, 0.15) is 101 Å². The molecule has 0 aliphatic carbocycles. The zero-order chi connectivity index (χ0) is 39.0. The van der Waals surface area contributed by atoms with E-state index in [0.29, 0.717) is 25.7 Å². The van der Waals surface area contributed by atoms with Crippen LogP contribution < -0.4 is 16.4 Å². The molecule has 0 fully saturated rings. The Morgan fingerprint density at radius 3 is 1.62 bits per heavy atom. The van der Waals surface area contributed by atoms with Crippen molar-refractivity contribution in [2.24, 2.45) is 35.3 Å². The minimum absolute atomic E-state index is 0.164. The van der Waals surface area contributed by atoms with Gasteiger partial charge in [-0.15, -0.1) is 12.3 Å². The van der Waals surface area contributed by atoms with Gasteiger partial charge in [-0.25, -0.2) is 0 Å². The number of likely N-dealkylation sites (N-methyl/N-ethyl adjacent to an activating group) is 3. The van der Waals surface area contributed by atoms with Crippen LogP contribution in [0.5, 0.6) is 0 Å². The second-order valence-corrected chi connectivity index (χ2v) is 14.4. The number of aliphatic hydroxyl groups is 1. The van der Waals surface area contributed by atoms with Gasteiger partial charge in [-0.2, -0.15) is 0 Å². The highest BCUT2D eigenvalue weighted by Gasteiger charge is 2.42. The summed E-state index contributed by atoms with van der Waals surface area (Å²) >= 11 is 0. The quantitative estimate of drug-likeness (QED) is 0.0983. The summed E-state index contributed by atoms with van der Waals surface area (Å²) in [5.74, 6) is -2.22. The van der Waals surface area contributed by atoms with E-state index in [1.807, 2.05) is 41.5 Å². The highest BCUT2D eigenvalue weighted by atomic mass is 16.3. The van der Waals surface area contributed by atoms with Crippen molar-refractivity contribution in [3.05, 3.63) is 0 Å². The number of aliphatic hydroxyl groups excluding tert-OH is 1. The molecule has 13 heteroatoms. The zero-order valence-corrected chi connectivity index (χ0v) is 32.6. The first kappa shape index (κ1) is 46.3. The van der Waals surface area contributed by atoms with Crippen LogP contribution in [-0.4, -0.2) is 113 Å². The Labute approximate surface area is 300 Å². The lowest BCUT2D eigenvalue weighted by atomic mass is 9.92. The standard InChI is InChI=1S/C37H66N6O7/c1-14-17-18-19-20-26(10)35(48)42(12)30(23(6)7)37(50)41(11)29(22(4)5)33(46)40-28(24(8)15-2)36(49)43(13)31(25(9)16-3)34(47)39-27(21-44)32(38)45/h1,22-31,44H,15-21H2,2-13H3,(H2,38,45)(H,39,47)(H,40,46). The molecule has 0 aromatic carbocycles. The molecule has 0 saturated carbocycles. The lowest BCUT2D eigenvalue weighted by Gasteiger charge is -2.39. The van der Waals surface area contributed by atoms with E-state index in [4.69, 9.17) is 12.2 Å². The van der Waals surface area contributed by atoms with E-state index >= 15 is 0 Å². The lowest BCUT2D eigenvalue weighted by molar-refractivity contribution is -0.152. The molecule has 0 radical (unpaired) electrons. The van der Waals surface area contributed by atoms with Gasteiger partial charge >= 0.3 is 0 Å².